The molecule has 0 aliphatic carbocycles. The smallest absolute Gasteiger partial charge is 0.263 e. The van der Waals surface area contributed by atoms with Gasteiger partial charge in [0.15, 0.2) is 0 Å². The van der Waals surface area contributed by atoms with Gasteiger partial charge in [0.05, 0.1) is 4.88 Å². The van der Waals surface area contributed by atoms with E-state index in [1.807, 2.05) is 11.9 Å². The number of amides is 1. The number of aryl methyl sites for hydroxylation is 2. The molecule has 0 radical (unpaired) electrons. The Morgan fingerprint density at radius 1 is 1.47 bits per heavy atom. The van der Waals surface area contributed by atoms with Crippen LogP contribution in [-0.2, 0) is 6.42 Å². The van der Waals surface area contributed by atoms with Gasteiger partial charge in [-0.15, -0.1) is 11.3 Å². The number of nitrogens with zero attached hydrogens (tertiary/aromatic N) is 1. The van der Waals surface area contributed by atoms with Gasteiger partial charge < -0.3 is 10.2 Å². The summed E-state index contributed by atoms with van der Waals surface area (Å²) >= 11 is 1.67. The Morgan fingerprint density at radius 2 is 2.16 bits per heavy atom. The van der Waals surface area contributed by atoms with Crippen LogP contribution in [0.2, 0.25) is 0 Å². The van der Waals surface area contributed by atoms with Crippen LogP contribution in [-0.4, -0.2) is 37.5 Å². The van der Waals surface area contributed by atoms with Gasteiger partial charge in [-0.2, -0.15) is 0 Å². The first-order valence-electron chi connectivity index (χ1n) is 7.18. The van der Waals surface area contributed by atoms with Crippen molar-refractivity contribution in [1.82, 2.24) is 10.2 Å². The summed E-state index contributed by atoms with van der Waals surface area (Å²) in [5, 5.41) is 3.23. The lowest BCUT2D eigenvalue weighted by molar-refractivity contribution is 0.0696. The molecule has 0 atom stereocenters. The molecular weight excluding hydrogens is 256 g/mol. The molecule has 1 amide bonds. The van der Waals surface area contributed by atoms with E-state index in [0.717, 1.165) is 49.7 Å². The number of carbonyl (C=O) groups is 1. The van der Waals surface area contributed by atoms with Crippen molar-refractivity contribution >= 4 is 17.2 Å². The molecule has 0 spiro atoms. The Hall–Kier alpha value is -0.870. The summed E-state index contributed by atoms with van der Waals surface area (Å²) in [5.41, 5.74) is 1.26. The van der Waals surface area contributed by atoms with Gasteiger partial charge in [0.25, 0.3) is 5.91 Å². The second-order valence-electron chi connectivity index (χ2n) is 5.36. The summed E-state index contributed by atoms with van der Waals surface area (Å²) in [6, 6.07) is 2.06. The SMILES string of the molecule is CCc1sc(C(=O)N2CCC(CNC)CC2)cc1C. The van der Waals surface area contributed by atoms with E-state index in [9.17, 15) is 4.79 Å². The number of piperidine rings is 1. The molecule has 1 aliphatic heterocycles. The first-order valence-corrected chi connectivity index (χ1v) is 8.00. The first-order chi connectivity index (χ1) is 9.15. The van der Waals surface area contributed by atoms with Crippen molar-refractivity contribution in [3.05, 3.63) is 21.4 Å². The van der Waals surface area contributed by atoms with E-state index in [1.165, 1.54) is 10.4 Å². The largest absolute Gasteiger partial charge is 0.338 e. The molecule has 1 fully saturated rings. The fraction of sp³-hybridized carbons (Fsp3) is 0.667. The Morgan fingerprint density at radius 3 is 2.68 bits per heavy atom. The fourth-order valence-corrected chi connectivity index (χ4v) is 3.84. The van der Waals surface area contributed by atoms with E-state index in [1.54, 1.807) is 11.3 Å². The first kappa shape index (κ1) is 14.5. The quantitative estimate of drug-likeness (QED) is 0.919. The molecule has 3 nitrogen and oxygen atoms in total. The minimum Gasteiger partial charge on any atom is -0.338 e. The molecule has 2 rings (SSSR count). The lowest BCUT2D eigenvalue weighted by atomic mass is 9.97. The van der Waals surface area contributed by atoms with Crippen LogP contribution in [0, 0.1) is 12.8 Å². The third kappa shape index (κ3) is 3.37. The average Bonchev–Trinajstić information content (AvgIpc) is 2.80. The number of carbonyl (C=O) groups excluding carboxylic acids is 1. The number of hydrogen-bond donors (Lipinski definition) is 1. The van der Waals surface area contributed by atoms with Crippen LogP contribution in [0.25, 0.3) is 0 Å². The third-order valence-electron chi connectivity index (χ3n) is 3.95. The molecule has 19 heavy (non-hydrogen) atoms. The van der Waals surface area contributed by atoms with E-state index in [0.29, 0.717) is 0 Å². The maximum Gasteiger partial charge on any atom is 0.263 e. The van der Waals surface area contributed by atoms with Crippen molar-refractivity contribution < 1.29 is 4.79 Å². The molecule has 1 saturated heterocycles. The number of nitrogens with one attached hydrogen (secondary N) is 1. The van der Waals surface area contributed by atoms with Gasteiger partial charge in [-0.05, 0) is 57.3 Å². The van der Waals surface area contributed by atoms with Gasteiger partial charge >= 0.3 is 0 Å². The maximum absolute atomic E-state index is 12.5. The van der Waals surface area contributed by atoms with E-state index < -0.39 is 0 Å². The molecule has 0 bridgehead atoms. The molecule has 106 valence electrons. The molecule has 0 saturated carbocycles. The zero-order valence-electron chi connectivity index (χ0n) is 12.2. The van der Waals surface area contributed by atoms with Crippen LogP contribution in [0.3, 0.4) is 0 Å². The van der Waals surface area contributed by atoms with Gasteiger partial charge in [0.2, 0.25) is 0 Å². The zero-order valence-corrected chi connectivity index (χ0v) is 13.0. The van der Waals surface area contributed by atoms with Crippen LogP contribution < -0.4 is 5.32 Å². The molecule has 1 aliphatic rings. The molecule has 1 N–H and O–H groups in total. The number of thiophene rings is 1. The second kappa shape index (κ2) is 6.53. The normalized spacial score (nSPS) is 16.9. The summed E-state index contributed by atoms with van der Waals surface area (Å²) in [7, 11) is 2.00. The highest BCUT2D eigenvalue weighted by Gasteiger charge is 2.24. The Labute approximate surface area is 120 Å². The second-order valence-corrected chi connectivity index (χ2v) is 6.50. The minimum atomic E-state index is 0.232. The van der Waals surface area contributed by atoms with E-state index in [2.05, 4.69) is 25.2 Å². The molecular formula is C15H24N2OS. The molecule has 1 aromatic heterocycles. The van der Waals surface area contributed by atoms with Crippen LogP contribution in [0.4, 0.5) is 0 Å². The predicted octanol–water partition coefficient (Wildman–Crippen LogP) is 2.69. The van der Waals surface area contributed by atoms with Crippen LogP contribution in [0.15, 0.2) is 6.07 Å². The van der Waals surface area contributed by atoms with Crippen molar-refractivity contribution in [2.24, 2.45) is 5.92 Å². The Balaban J connectivity index is 1.97. The van der Waals surface area contributed by atoms with Crippen molar-refractivity contribution in [1.29, 1.82) is 0 Å². The number of rotatable bonds is 4. The maximum atomic E-state index is 12.5. The van der Waals surface area contributed by atoms with Gasteiger partial charge in [-0.25, -0.2) is 0 Å². The van der Waals surface area contributed by atoms with Crippen molar-refractivity contribution in [2.75, 3.05) is 26.7 Å². The summed E-state index contributed by atoms with van der Waals surface area (Å²) in [6.07, 6.45) is 3.27. The topological polar surface area (TPSA) is 32.3 Å². The van der Waals surface area contributed by atoms with Crippen LogP contribution in [0.5, 0.6) is 0 Å². The molecule has 0 aromatic carbocycles. The van der Waals surface area contributed by atoms with E-state index in [4.69, 9.17) is 0 Å². The number of likely N-dealkylation sites (tertiary alicyclic amines) is 1. The van der Waals surface area contributed by atoms with Crippen LogP contribution in [0.1, 0.15) is 39.9 Å². The van der Waals surface area contributed by atoms with Gasteiger partial charge in [0, 0.05) is 18.0 Å². The van der Waals surface area contributed by atoms with Gasteiger partial charge in [0.1, 0.15) is 0 Å². The Kier molecular flexibility index (Phi) is 4.99. The standard InChI is InChI=1S/C15H24N2OS/c1-4-13-11(2)9-14(19-13)15(18)17-7-5-12(6-8-17)10-16-3/h9,12,16H,4-8,10H2,1-3H3. The predicted molar refractivity (Wildman–Crippen MR) is 81.0 cm³/mol. The van der Waals surface area contributed by atoms with Crippen molar-refractivity contribution in [3.8, 4) is 0 Å². The lowest BCUT2D eigenvalue weighted by Crippen LogP contribution is -2.40. The molecule has 2 heterocycles. The average molecular weight is 280 g/mol. The highest BCUT2D eigenvalue weighted by Crippen LogP contribution is 2.25. The summed E-state index contributed by atoms with van der Waals surface area (Å²) < 4.78 is 0. The highest BCUT2D eigenvalue weighted by molar-refractivity contribution is 7.14. The Bertz CT molecular complexity index is 433. The lowest BCUT2D eigenvalue weighted by Gasteiger charge is -2.31. The van der Waals surface area contributed by atoms with E-state index >= 15 is 0 Å². The van der Waals surface area contributed by atoms with Gasteiger partial charge in [-0.3, -0.25) is 4.79 Å². The number of hydrogen-bond acceptors (Lipinski definition) is 3. The van der Waals surface area contributed by atoms with Crippen molar-refractivity contribution in [3.63, 3.8) is 0 Å². The molecule has 0 unspecified atom stereocenters. The monoisotopic (exact) mass is 280 g/mol. The molecule has 4 heteroatoms. The zero-order chi connectivity index (χ0) is 13.8. The highest BCUT2D eigenvalue weighted by atomic mass is 32.1. The summed E-state index contributed by atoms with van der Waals surface area (Å²) in [4.78, 5) is 16.8. The fourth-order valence-electron chi connectivity index (χ4n) is 2.76. The minimum absolute atomic E-state index is 0.232. The van der Waals surface area contributed by atoms with Crippen LogP contribution >= 0.6 is 11.3 Å². The third-order valence-corrected chi connectivity index (χ3v) is 5.32. The van der Waals surface area contributed by atoms with E-state index in [-0.39, 0.29) is 5.91 Å². The molecule has 1 aromatic rings. The summed E-state index contributed by atoms with van der Waals surface area (Å²) in [5.74, 6) is 0.959. The summed E-state index contributed by atoms with van der Waals surface area (Å²) in [6.45, 7) is 7.13. The van der Waals surface area contributed by atoms with Gasteiger partial charge in [-0.1, -0.05) is 6.92 Å². The van der Waals surface area contributed by atoms with Crippen molar-refractivity contribution in [2.45, 2.75) is 33.1 Å².